The molecule has 63 heavy (non-hydrogen) atoms. The van der Waals surface area contributed by atoms with Gasteiger partial charge in [0.2, 0.25) is 23.6 Å². The van der Waals surface area contributed by atoms with Crippen molar-refractivity contribution in [2.24, 2.45) is 36.1 Å². The van der Waals surface area contributed by atoms with Gasteiger partial charge in [-0.15, -0.1) is 24.5 Å². The van der Waals surface area contributed by atoms with Gasteiger partial charge in [-0.3, -0.25) is 33.7 Å². The topological polar surface area (TPSA) is 125 Å². The molecule has 1 saturated carbocycles. The lowest BCUT2D eigenvalue weighted by Gasteiger charge is -2.49. The second-order valence-corrected chi connectivity index (χ2v) is 19.2. The van der Waals surface area contributed by atoms with Crippen molar-refractivity contribution >= 4 is 62.5 Å². The molecule has 5 aromatic rings. The predicted molar refractivity (Wildman–Crippen MR) is 230 cm³/mol. The molecule has 0 unspecified atom stereocenters. The van der Waals surface area contributed by atoms with Gasteiger partial charge in [-0.05, 0) is 98.4 Å². The third kappa shape index (κ3) is 6.68. The Morgan fingerprint density at radius 1 is 0.952 bits per heavy atom. The van der Waals surface area contributed by atoms with Crippen LogP contribution >= 0.6 is 22.9 Å². The molecular formula is C47H43ClF3N5O6S. The molecule has 3 saturated heterocycles. The maximum Gasteiger partial charge on any atom is 0.573 e. The number of halogens is 4. The molecular weight excluding hydrogens is 855 g/mol. The Balaban J connectivity index is 1.02. The van der Waals surface area contributed by atoms with Gasteiger partial charge in [-0.1, -0.05) is 53.6 Å². The molecule has 16 heteroatoms. The van der Waals surface area contributed by atoms with Gasteiger partial charge >= 0.3 is 6.36 Å². The van der Waals surface area contributed by atoms with E-state index in [4.69, 9.17) is 16.7 Å². The number of alkyl halides is 3. The van der Waals surface area contributed by atoms with Crippen LogP contribution < -0.4 is 9.64 Å². The number of aryl methyl sites for hydroxylation is 2. The minimum Gasteiger partial charge on any atom is -0.508 e. The summed E-state index contributed by atoms with van der Waals surface area (Å²) < 4.78 is 47.7. The number of thiophene rings is 1. The molecule has 0 spiro atoms. The first-order valence-electron chi connectivity index (χ1n) is 21.1. The lowest BCUT2D eigenvalue weighted by molar-refractivity contribution is -0.274. The van der Waals surface area contributed by atoms with Gasteiger partial charge in [0.15, 0.2) is 0 Å². The van der Waals surface area contributed by atoms with Gasteiger partial charge in [0, 0.05) is 60.0 Å². The van der Waals surface area contributed by atoms with E-state index in [1.165, 1.54) is 26.5 Å². The van der Waals surface area contributed by atoms with Crippen molar-refractivity contribution in [1.82, 2.24) is 19.6 Å². The quantitative estimate of drug-likeness (QED) is 0.127. The summed E-state index contributed by atoms with van der Waals surface area (Å²) in [5, 5.41) is 17.8. The van der Waals surface area contributed by atoms with Crippen molar-refractivity contribution in [1.29, 1.82) is 0 Å². The van der Waals surface area contributed by atoms with Gasteiger partial charge in [-0.25, -0.2) is 4.90 Å². The normalized spacial score (nSPS) is 26.7. The van der Waals surface area contributed by atoms with Crippen LogP contribution in [0, 0.1) is 36.0 Å². The van der Waals surface area contributed by atoms with Crippen LogP contribution in [0.25, 0.3) is 20.7 Å². The molecule has 3 aliphatic heterocycles. The Bertz CT molecular complexity index is 2760. The molecule has 5 heterocycles. The number of phenols is 1. The van der Waals surface area contributed by atoms with Crippen LogP contribution in [0.2, 0.25) is 5.02 Å². The minimum atomic E-state index is -5.06. The zero-order chi connectivity index (χ0) is 44.3. The monoisotopic (exact) mass is 897 g/mol. The maximum atomic E-state index is 15.2. The van der Waals surface area contributed by atoms with Crippen molar-refractivity contribution in [3.8, 4) is 22.1 Å². The molecule has 4 fully saturated rings. The Kier molecular flexibility index (Phi) is 9.92. The first-order valence-corrected chi connectivity index (χ1v) is 22.3. The van der Waals surface area contributed by atoms with E-state index in [2.05, 4.69) is 21.8 Å². The van der Waals surface area contributed by atoms with Gasteiger partial charge in [0.25, 0.3) is 0 Å². The number of ether oxygens (including phenoxy) is 1. The fourth-order valence-electron chi connectivity index (χ4n) is 11.3. The number of amides is 4. The van der Waals surface area contributed by atoms with Crippen molar-refractivity contribution in [3.63, 3.8) is 0 Å². The lowest BCUT2D eigenvalue weighted by Crippen LogP contribution is -2.49. The molecule has 0 radical (unpaired) electrons. The summed E-state index contributed by atoms with van der Waals surface area (Å²) in [5.74, 6) is -7.21. The largest absolute Gasteiger partial charge is 0.573 e. The minimum absolute atomic E-state index is 0.0316. The third-order valence-electron chi connectivity index (χ3n) is 14.2. The van der Waals surface area contributed by atoms with Crippen molar-refractivity contribution in [3.05, 3.63) is 106 Å². The van der Waals surface area contributed by atoms with Crippen molar-refractivity contribution in [2.45, 2.75) is 64.4 Å². The van der Waals surface area contributed by atoms with Crippen molar-refractivity contribution in [2.75, 3.05) is 18.0 Å². The summed E-state index contributed by atoms with van der Waals surface area (Å²) in [6, 6.07) is 20.1. The number of nitrogens with zero attached hydrogens (tertiary/aromatic N) is 5. The van der Waals surface area contributed by atoms with E-state index >= 15 is 9.59 Å². The van der Waals surface area contributed by atoms with E-state index in [1.54, 1.807) is 26.1 Å². The SMILES string of the molecule is Cc1c(-c2cc(N3C(=O)[C@@H]4C[C@@H]5C(=CC[C@@H]6C(=O)N(C7CCN(Cc8ccccc8)CC7)C(=O)[C@@H]65)[C@H](c5cc(OC(F)(F)F)ccc5O)[C@]4(C)C3=O)n(C)n2)sc2ccc(Cl)cc12. The highest BCUT2D eigenvalue weighted by Gasteiger charge is 2.68. The number of likely N-dealkylation sites (tertiary alicyclic amines) is 2. The maximum absolute atomic E-state index is 15.2. The average Bonchev–Trinajstić information content (AvgIpc) is 3.92. The number of anilines is 1. The van der Waals surface area contributed by atoms with E-state index in [9.17, 15) is 27.9 Å². The molecule has 4 amide bonds. The summed E-state index contributed by atoms with van der Waals surface area (Å²) in [4.78, 5) is 65.0. The summed E-state index contributed by atoms with van der Waals surface area (Å²) in [6.45, 7) is 5.69. The molecule has 11 nitrogen and oxygen atoms in total. The third-order valence-corrected chi connectivity index (χ3v) is 15.8. The number of aromatic hydroxyl groups is 1. The Labute approximate surface area is 369 Å². The number of benzene rings is 3. The van der Waals surface area contributed by atoms with Crippen LogP contribution in [0.3, 0.4) is 0 Å². The van der Waals surface area contributed by atoms with E-state index in [-0.39, 0.29) is 42.1 Å². The first-order chi connectivity index (χ1) is 30.0. The fourth-order valence-corrected chi connectivity index (χ4v) is 12.6. The van der Waals surface area contributed by atoms with Gasteiger partial charge in [0.1, 0.15) is 23.0 Å². The molecule has 10 rings (SSSR count). The number of hydrogen-bond acceptors (Lipinski definition) is 9. The molecule has 1 N–H and O–H groups in total. The standard InChI is InChI=1S/C47H43ClF3N5O6S/c1-24-31-19-26(48)9-14-37(31)63-41(24)35-22-38(53(3)52-35)56-43(59)34-21-32-29(40(46(34,2)45(56)61)33-20-28(10-13-36(33)57)62-47(49,50)51)11-12-30-39(32)44(60)55(42(30)58)27-15-17-54(18-16-27)23-25-7-5-4-6-8-25/h4-11,13-14,19-20,22,27,30,32,34,39-40,57H,12,15-18,21,23H2,1-3H3/t30-,32+,34-,39-,40+,46+/m0/s1. The predicted octanol–water partition coefficient (Wildman–Crippen LogP) is 8.76. The van der Waals surface area contributed by atoms with E-state index in [0.717, 1.165) is 50.2 Å². The summed E-state index contributed by atoms with van der Waals surface area (Å²) in [7, 11) is 1.63. The fraction of sp³-hybridized carbons (Fsp3) is 0.383. The molecule has 2 aromatic heterocycles. The van der Waals surface area contributed by atoms with Crippen molar-refractivity contribution < 1.29 is 42.2 Å². The van der Waals surface area contributed by atoms with Crippen LogP contribution in [0.5, 0.6) is 11.5 Å². The van der Waals surface area contributed by atoms with E-state index < -0.39 is 64.7 Å². The number of carbonyl (C=O) groups excluding carboxylic acids is 4. The Morgan fingerprint density at radius 3 is 2.43 bits per heavy atom. The summed E-state index contributed by atoms with van der Waals surface area (Å²) >= 11 is 7.81. The second-order valence-electron chi connectivity index (χ2n) is 17.7. The van der Waals surface area contributed by atoms with E-state index in [0.29, 0.717) is 42.2 Å². The number of carbonyl (C=O) groups is 4. The van der Waals surface area contributed by atoms with Gasteiger partial charge < -0.3 is 9.84 Å². The van der Waals surface area contributed by atoms with Crippen LogP contribution in [0.15, 0.2) is 84.4 Å². The highest BCUT2D eigenvalue weighted by molar-refractivity contribution is 7.22. The van der Waals surface area contributed by atoms with Crippen LogP contribution in [0.4, 0.5) is 19.0 Å². The molecule has 0 bridgehead atoms. The van der Waals surface area contributed by atoms with Gasteiger partial charge in [-0.2, -0.15) is 5.10 Å². The number of fused-ring (bicyclic) bond motifs is 5. The summed E-state index contributed by atoms with van der Waals surface area (Å²) in [6.07, 6.45) is -1.87. The number of allylic oxidation sites excluding steroid dienone is 2. The number of rotatable bonds is 7. The highest BCUT2D eigenvalue weighted by Crippen LogP contribution is 2.65. The number of imide groups is 2. The molecule has 326 valence electrons. The molecule has 2 aliphatic carbocycles. The molecule has 5 aliphatic rings. The summed E-state index contributed by atoms with van der Waals surface area (Å²) in [5.41, 5.74) is 1.45. The van der Waals surface area contributed by atoms with Crippen LogP contribution in [0.1, 0.15) is 55.2 Å². The number of aromatic nitrogens is 2. The number of piperidine rings is 1. The van der Waals surface area contributed by atoms with E-state index in [1.807, 2.05) is 43.3 Å². The first kappa shape index (κ1) is 41.5. The number of phenolic OH excluding ortho intramolecular Hbond substituents is 1. The zero-order valence-corrected chi connectivity index (χ0v) is 36.1. The Morgan fingerprint density at radius 2 is 1.70 bits per heavy atom. The van der Waals surface area contributed by atoms with Crippen LogP contribution in [-0.2, 0) is 32.8 Å². The number of hydrogen-bond donors (Lipinski definition) is 1. The highest BCUT2D eigenvalue weighted by atomic mass is 35.5. The average molecular weight is 898 g/mol. The zero-order valence-electron chi connectivity index (χ0n) is 34.6. The molecule has 3 aromatic carbocycles. The molecule has 6 atom stereocenters. The van der Waals surface area contributed by atoms with Gasteiger partial charge in [0.05, 0.1) is 28.0 Å². The second kappa shape index (κ2) is 15.1. The lowest BCUT2D eigenvalue weighted by atomic mass is 9.51. The smallest absolute Gasteiger partial charge is 0.508 e. The Hall–Kier alpha value is -5.51. The van der Waals surface area contributed by atoms with Crippen LogP contribution in [-0.4, -0.2) is 73.8 Å².